The summed E-state index contributed by atoms with van der Waals surface area (Å²) in [6, 6.07) is 0. The predicted octanol–water partition coefficient (Wildman–Crippen LogP) is 1.84. The number of fused-ring (bicyclic) bond motifs is 1. The van der Waals surface area contributed by atoms with Gasteiger partial charge in [-0.25, -0.2) is 4.98 Å². The molecule has 1 aromatic rings. The molecule has 2 unspecified atom stereocenters. The van der Waals surface area contributed by atoms with Gasteiger partial charge in [-0.2, -0.15) is 0 Å². The second kappa shape index (κ2) is 4.38. The Hall–Kier alpha value is -0.940. The van der Waals surface area contributed by atoms with Gasteiger partial charge >= 0.3 is 5.97 Å². The molecule has 1 aliphatic heterocycles. The molecular weight excluding hydrogens is 238 g/mol. The van der Waals surface area contributed by atoms with Gasteiger partial charge in [-0.1, -0.05) is 0 Å². The molecule has 5 heteroatoms. The quantitative estimate of drug-likeness (QED) is 0.893. The number of thiazole rings is 1. The number of aromatic nitrogens is 1. The zero-order chi connectivity index (χ0) is 11.8. The van der Waals surface area contributed by atoms with Crippen LogP contribution in [-0.2, 0) is 22.4 Å². The lowest BCUT2D eigenvalue weighted by atomic mass is 10.1. The number of carboxylic acids is 1. The minimum Gasteiger partial charge on any atom is -0.481 e. The van der Waals surface area contributed by atoms with E-state index < -0.39 is 5.97 Å². The zero-order valence-electron chi connectivity index (χ0n) is 9.52. The van der Waals surface area contributed by atoms with Crippen molar-refractivity contribution in [3.8, 4) is 0 Å². The lowest BCUT2D eigenvalue weighted by Crippen LogP contribution is -2.09. The Labute approximate surface area is 104 Å². The second-order valence-corrected chi connectivity index (χ2v) is 5.95. The molecule has 92 valence electrons. The molecule has 1 fully saturated rings. The number of carboxylic acid groups (broad SMARTS) is 1. The first-order valence-electron chi connectivity index (χ1n) is 6.03. The summed E-state index contributed by atoms with van der Waals surface area (Å²) in [7, 11) is 0. The van der Waals surface area contributed by atoms with Gasteiger partial charge in [0.1, 0.15) is 5.92 Å². The first-order chi connectivity index (χ1) is 8.24. The summed E-state index contributed by atoms with van der Waals surface area (Å²) in [5.41, 5.74) is 0.830. The van der Waals surface area contributed by atoms with E-state index >= 15 is 0 Å². The standard InChI is InChI=1S/C12H15NO3S/c14-12(15)8-1-2-9-11(8)13-10(17-9)5-7-3-4-16-6-7/h7-8H,1-6H2,(H,14,15). The Balaban J connectivity index is 1.76. The highest BCUT2D eigenvalue weighted by atomic mass is 32.1. The van der Waals surface area contributed by atoms with Crippen molar-refractivity contribution >= 4 is 17.3 Å². The first-order valence-corrected chi connectivity index (χ1v) is 6.84. The highest BCUT2D eigenvalue weighted by Crippen LogP contribution is 2.37. The van der Waals surface area contributed by atoms with Gasteiger partial charge in [0, 0.05) is 24.5 Å². The highest BCUT2D eigenvalue weighted by molar-refractivity contribution is 7.11. The Kier molecular flexibility index (Phi) is 2.88. The Bertz CT molecular complexity index is 437. The van der Waals surface area contributed by atoms with Crippen LogP contribution in [-0.4, -0.2) is 29.3 Å². The molecule has 0 radical (unpaired) electrons. The van der Waals surface area contributed by atoms with E-state index in [2.05, 4.69) is 4.98 Å². The summed E-state index contributed by atoms with van der Waals surface area (Å²) in [6.45, 7) is 1.68. The molecule has 2 aliphatic rings. The van der Waals surface area contributed by atoms with Crippen LogP contribution in [0.1, 0.15) is 34.3 Å². The fraction of sp³-hybridized carbons (Fsp3) is 0.667. The highest BCUT2D eigenvalue weighted by Gasteiger charge is 2.32. The van der Waals surface area contributed by atoms with Crippen LogP contribution in [0.5, 0.6) is 0 Å². The van der Waals surface area contributed by atoms with Gasteiger partial charge in [0.2, 0.25) is 0 Å². The molecule has 1 aromatic heterocycles. The molecule has 2 atom stereocenters. The summed E-state index contributed by atoms with van der Waals surface area (Å²) in [5, 5.41) is 10.2. The van der Waals surface area contributed by atoms with Crippen molar-refractivity contribution in [2.75, 3.05) is 13.2 Å². The summed E-state index contributed by atoms with van der Waals surface area (Å²) in [4.78, 5) is 16.8. The molecule has 3 rings (SSSR count). The molecule has 0 saturated carbocycles. The maximum Gasteiger partial charge on any atom is 0.312 e. The predicted molar refractivity (Wildman–Crippen MR) is 63.4 cm³/mol. The van der Waals surface area contributed by atoms with Gasteiger partial charge in [-0.3, -0.25) is 4.79 Å². The topological polar surface area (TPSA) is 59.4 Å². The van der Waals surface area contributed by atoms with Crippen LogP contribution in [0.15, 0.2) is 0 Å². The van der Waals surface area contributed by atoms with Gasteiger partial charge in [0.15, 0.2) is 0 Å². The lowest BCUT2D eigenvalue weighted by Gasteiger charge is -2.04. The third kappa shape index (κ3) is 2.09. The molecule has 0 spiro atoms. The molecule has 1 saturated heterocycles. The molecule has 1 aliphatic carbocycles. The Morgan fingerprint density at radius 2 is 2.41 bits per heavy atom. The zero-order valence-corrected chi connectivity index (χ0v) is 10.3. The van der Waals surface area contributed by atoms with Crippen LogP contribution >= 0.6 is 11.3 Å². The summed E-state index contributed by atoms with van der Waals surface area (Å²) in [5.74, 6) is -0.524. The number of aliphatic carboxylic acids is 1. The lowest BCUT2D eigenvalue weighted by molar-refractivity contribution is -0.138. The van der Waals surface area contributed by atoms with Crippen LogP contribution in [0, 0.1) is 5.92 Å². The third-order valence-corrected chi connectivity index (χ3v) is 4.70. The molecule has 1 N–H and O–H groups in total. The molecule has 0 aromatic carbocycles. The molecule has 2 heterocycles. The Morgan fingerprint density at radius 1 is 1.53 bits per heavy atom. The summed E-state index contributed by atoms with van der Waals surface area (Å²) in [6.07, 6.45) is 3.65. The van der Waals surface area contributed by atoms with E-state index in [0.717, 1.165) is 49.6 Å². The maximum absolute atomic E-state index is 11.1. The monoisotopic (exact) mass is 253 g/mol. The van der Waals surface area contributed by atoms with Crippen LogP contribution < -0.4 is 0 Å². The van der Waals surface area contributed by atoms with Crippen LogP contribution in [0.2, 0.25) is 0 Å². The Morgan fingerprint density at radius 3 is 3.12 bits per heavy atom. The van der Waals surface area contributed by atoms with E-state index in [4.69, 9.17) is 9.84 Å². The number of hydrogen-bond acceptors (Lipinski definition) is 4. The second-order valence-electron chi connectivity index (χ2n) is 4.78. The van der Waals surface area contributed by atoms with E-state index in [1.807, 2.05) is 0 Å². The number of carbonyl (C=O) groups is 1. The summed E-state index contributed by atoms with van der Waals surface area (Å²) < 4.78 is 5.35. The smallest absolute Gasteiger partial charge is 0.312 e. The van der Waals surface area contributed by atoms with E-state index in [1.54, 1.807) is 11.3 Å². The number of hydrogen-bond donors (Lipinski definition) is 1. The number of nitrogens with zero attached hydrogens (tertiary/aromatic N) is 1. The number of rotatable bonds is 3. The van der Waals surface area contributed by atoms with Crippen molar-refractivity contribution < 1.29 is 14.6 Å². The van der Waals surface area contributed by atoms with Crippen molar-refractivity contribution in [2.45, 2.75) is 31.6 Å². The van der Waals surface area contributed by atoms with Crippen molar-refractivity contribution in [1.29, 1.82) is 0 Å². The number of ether oxygens (including phenoxy) is 1. The number of aryl methyl sites for hydroxylation is 1. The van der Waals surface area contributed by atoms with Crippen molar-refractivity contribution in [2.24, 2.45) is 5.92 Å². The van der Waals surface area contributed by atoms with E-state index in [0.29, 0.717) is 5.92 Å². The molecule has 17 heavy (non-hydrogen) atoms. The average Bonchev–Trinajstić information content (AvgIpc) is 2.92. The minimum atomic E-state index is -0.732. The fourth-order valence-corrected chi connectivity index (χ4v) is 3.86. The average molecular weight is 253 g/mol. The van der Waals surface area contributed by atoms with Crippen LogP contribution in [0.3, 0.4) is 0 Å². The van der Waals surface area contributed by atoms with E-state index in [9.17, 15) is 4.79 Å². The van der Waals surface area contributed by atoms with Crippen LogP contribution in [0.4, 0.5) is 0 Å². The molecular formula is C12H15NO3S. The fourth-order valence-electron chi connectivity index (χ4n) is 2.60. The molecule has 0 amide bonds. The van der Waals surface area contributed by atoms with Gasteiger partial charge in [0.25, 0.3) is 0 Å². The van der Waals surface area contributed by atoms with E-state index in [-0.39, 0.29) is 5.92 Å². The van der Waals surface area contributed by atoms with Gasteiger partial charge in [-0.15, -0.1) is 11.3 Å². The van der Waals surface area contributed by atoms with Crippen molar-refractivity contribution in [3.05, 3.63) is 15.6 Å². The first kappa shape index (κ1) is 11.2. The normalized spacial score (nSPS) is 27.3. The van der Waals surface area contributed by atoms with Gasteiger partial charge < -0.3 is 9.84 Å². The minimum absolute atomic E-state index is 0.366. The van der Waals surface area contributed by atoms with Crippen molar-refractivity contribution in [3.63, 3.8) is 0 Å². The van der Waals surface area contributed by atoms with Gasteiger partial charge in [-0.05, 0) is 25.2 Å². The molecule has 4 nitrogen and oxygen atoms in total. The van der Waals surface area contributed by atoms with Crippen LogP contribution in [0.25, 0.3) is 0 Å². The molecule has 0 bridgehead atoms. The maximum atomic E-state index is 11.1. The summed E-state index contributed by atoms with van der Waals surface area (Å²) >= 11 is 1.70. The third-order valence-electron chi connectivity index (χ3n) is 3.55. The largest absolute Gasteiger partial charge is 0.481 e. The SMILES string of the molecule is O=C(O)C1CCc2sc(CC3CCOC3)nc21. The van der Waals surface area contributed by atoms with E-state index in [1.165, 1.54) is 4.88 Å². The van der Waals surface area contributed by atoms with Crippen molar-refractivity contribution in [1.82, 2.24) is 4.98 Å². The van der Waals surface area contributed by atoms with Gasteiger partial charge in [0.05, 0.1) is 10.7 Å².